The zero-order valence-electron chi connectivity index (χ0n) is 18.5. The Labute approximate surface area is 193 Å². The fraction of sp³-hybridized carbons (Fsp3) is 0.375. The molecule has 0 saturated carbocycles. The standard InChI is InChI=1S/C24H27N3O5S/c1-2-32-18-9-7-17(8-10-18)26-33(30,31)19-11-12-22-20(15-19)23(28)21(16-25-22)24(29)27-13-5-3-4-6-14-27/h7-12,15-16,21,26H,2-6,13-14H2,1H3. The molecule has 0 aromatic heterocycles. The number of ketones is 1. The summed E-state index contributed by atoms with van der Waals surface area (Å²) in [6.45, 7) is 3.63. The number of carbonyl (C=O) groups excluding carboxylic acids is 2. The first-order valence-electron chi connectivity index (χ1n) is 11.2. The molecule has 2 aromatic carbocycles. The highest BCUT2D eigenvalue weighted by Crippen LogP contribution is 2.30. The molecule has 0 bridgehead atoms. The molecule has 2 heterocycles. The van der Waals surface area contributed by atoms with Crippen LogP contribution >= 0.6 is 0 Å². The molecule has 1 unspecified atom stereocenters. The number of ether oxygens (including phenoxy) is 1. The number of nitrogens with zero attached hydrogens (tertiary/aromatic N) is 2. The van der Waals surface area contributed by atoms with E-state index < -0.39 is 21.7 Å². The number of sulfonamides is 1. The summed E-state index contributed by atoms with van der Waals surface area (Å²) >= 11 is 0. The normalized spacial score (nSPS) is 18.4. The van der Waals surface area contributed by atoms with E-state index in [1.807, 2.05) is 6.92 Å². The molecule has 1 atom stereocenters. The van der Waals surface area contributed by atoms with Crippen LogP contribution in [0.4, 0.5) is 11.4 Å². The quantitative estimate of drug-likeness (QED) is 0.648. The Hall–Kier alpha value is -3.20. The van der Waals surface area contributed by atoms with Crippen molar-refractivity contribution in [2.75, 3.05) is 24.4 Å². The van der Waals surface area contributed by atoms with Crippen molar-refractivity contribution in [3.8, 4) is 5.75 Å². The minimum absolute atomic E-state index is 0.0680. The van der Waals surface area contributed by atoms with E-state index in [1.54, 1.807) is 29.2 Å². The molecule has 1 fully saturated rings. The molecule has 8 nitrogen and oxygen atoms in total. The third-order valence-corrected chi connectivity index (χ3v) is 7.17. The number of hydrogen-bond donors (Lipinski definition) is 1. The summed E-state index contributed by atoms with van der Waals surface area (Å²) in [5.41, 5.74) is 0.870. The number of benzene rings is 2. The number of hydrogen-bond acceptors (Lipinski definition) is 6. The molecule has 0 radical (unpaired) electrons. The monoisotopic (exact) mass is 469 g/mol. The van der Waals surface area contributed by atoms with E-state index in [2.05, 4.69) is 9.71 Å². The van der Waals surface area contributed by atoms with Gasteiger partial charge in [-0.3, -0.25) is 19.3 Å². The highest BCUT2D eigenvalue weighted by molar-refractivity contribution is 7.92. The van der Waals surface area contributed by atoms with E-state index in [-0.39, 0.29) is 16.4 Å². The molecule has 0 aliphatic carbocycles. The van der Waals surface area contributed by atoms with E-state index in [4.69, 9.17) is 4.74 Å². The topological polar surface area (TPSA) is 105 Å². The van der Waals surface area contributed by atoms with Gasteiger partial charge in [-0.25, -0.2) is 8.42 Å². The van der Waals surface area contributed by atoms with Crippen molar-refractivity contribution >= 4 is 39.3 Å². The van der Waals surface area contributed by atoms with Crippen LogP contribution in [-0.2, 0) is 14.8 Å². The minimum Gasteiger partial charge on any atom is -0.494 e. The maximum absolute atomic E-state index is 13.2. The van der Waals surface area contributed by atoms with E-state index in [0.29, 0.717) is 36.8 Å². The number of Topliss-reactive ketones (excluding diaryl/α,β-unsaturated/α-hetero) is 1. The van der Waals surface area contributed by atoms with Crippen molar-refractivity contribution in [1.82, 2.24) is 4.90 Å². The summed E-state index contributed by atoms with van der Waals surface area (Å²) < 4.78 is 33.8. The molecule has 33 heavy (non-hydrogen) atoms. The number of carbonyl (C=O) groups is 2. The molecule has 2 aromatic rings. The van der Waals surface area contributed by atoms with Gasteiger partial charge in [-0.05, 0) is 62.2 Å². The molecule has 1 N–H and O–H groups in total. The molecule has 1 saturated heterocycles. The predicted molar refractivity (Wildman–Crippen MR) is 126 cm³/mol. The third kappa shape index (κ3) is 5.08. The van der Waals surface area contributed by atoms with Gasteiger partial charge in [0.15, 0.2) is 5.78 Å². The Balaban J connectivity index is 1.55. The summed E-state index contributed by atoms with van der Waals surface area (Å²) in [5, 5.41) is 0. The van der Waals surface area contributed by atoms with Crippen LogP contribution in [0.2, 0.25) is 0 Å². The number of likely N-dealkylation sites (tertiary alicyclic amines) is 1. The van der Waals surface area contributed by atoms with Gasteiger partial charge in [0.05, 0.1) is 17.2 Å². The van der Waals surface area contributed by atoms with Crippen LogP contribution in [-0.4, -0.2) is 50.9 Å². The maximum atomic E-state index is 13.2. The predicted octanol–water partition coefficient (Wildman–Crippen LogP) is 3.80. The van der Waals surface area contributed by atoms with Crippen LogP contribution < -0.4 is 9.46 Å². The van der Waals surface area contributed by atoms with Crippen molar-refractivity contribution in [1.29, 1.82) is 0 Å². The van der Waals surface area contributed by atoms with Gasteiger partial charge in [0.25, 0.3) is 10.0 Å². The summed E-state index contributed by atoms with van der Waals surface area (Å²) in [6, 6.07) is 10.7. The Morgan fingerprint density at radius 3 is 2.45 bits per heavy atom. The summed E-state index contributed by atoms with van der Waals surface area (Å²) in [5.74, 6) is -1.07. The second-order valence-electron chi connectivity index (χ2n) is 8.10. The van der Waals surface area contributed by atoms with Crippen LogP contribution in [0, 0.1) is 5.92 Å². The average Bonchev–Trinajstić information content (AvgIpc) is 3.10. The van der Waals surface area contributed by atoms with Crippen molar-refractivity contribution in [3.63, 3.8) is 0 Å². The van der Waals surface area contributed by atoms with Crippen molar-refractivity contribution < 1.29 is 22.7 Å². The van der Waals surface area contributed by atoms with Gasteiger partial charge in [-0.15, -0.1) is 0 Å². The van der Waals surface area contributed by atoms with Crippen LogP contribution in [0.15, 0.2) is 52.4 Å². The lowest BCUT2D eigenvalue weighted by Gasteiger charge is -2.25. The van der Waals surface area contributed by atoms with Gasteiger partial charge in [-0.2, -0.15) is 0 Å². The van der Waals surface area contributed by atoms with E-state index in [1.165, 1.54) is 24.4 Å². The van der Waals surface area contributed by atoms with Crippen LogP contribution in [0.1, 0.15) is 43.0 Å². The Morgan fingerprint density at radius 1 is 1.09 bits per heavy atom. The minimum atomic E-state index is -3.95. The molecular formula is C24H27N3O5S. The first kappa shape index (κ1) is 23.0. The molecule has 174 valence electrons. The number of aliphatic imine (C=N–C) groups is 1. The van der Waals surface area contributed by atoms with Crippen LogP contribution in [0.3, 0.4) is 0 Å². The smallest absolute Gasteiger partial charge is 0.261 e. The Morgan fingerprint density at radius 2 is 1.79 bits per heavy atom. The first-order valence-corrected chi connectivity index (χ1v) is 12.6. The second kappa shape index (κ2) is 9.74. The van der Waals surface area contributed by atoms with Gasteiger partial charge in [-0.1, -0.05) is 12.8 Å². The number of amides is 1. The Bertz CT molecular complexity index is 1170. The van der Waals surface area contributed by atoms with Gasteiger partial charge < -0.3 is 9.64 Å². The van der Waals surface area contributed by atoms with Crippen molar-refractivity contribution in [2.45, 2.75) is 37.5 Å². The first-order chi connectivity index (χ1) is 15.9. The SMILES string of the molecule is CCOc1ccc(NS(=O)(=O)c2ccc3c(c2)C(=O)C(C(=O)N2CCCCCC2)C=N3)cc1. The summed E-state index contributed by atoms with van der Waals surface area (Å²) in [4.78, 5) is 32.1. The fourth-order valence-corrected chi connectivity index (χ4v) is 5.13. The van der Waals surface area contributed by atoms with Crippen LogP contribution in [0.5, 0.6) is 5.75 Å². The molecular weight excluding hydrogens is 442 g/mol. The van der Waals surface area contributed by atoms with Crippen molar-refractivity contribution in [3.05, 3.63) is 48.0 Å². The summed E-state index contributed by atoms with van der Waals surface area (Å²) in [7, 11) is -3.95. The highest BCUT2D eigenvalue weighted by atomic mass is 32.2. The maximum Gasteiger partial charge on any atom is 0.261 e. The van der Waals surface area contributed by atoms with Gasteiger partial charge in [0, 0.05) is 30.6 Å². The molecule has 4 rings (SSSR count). The fourth-order valence-electron chi connectivity index (χ4n) is 4.05. The van der Waals surface area contributed by atoms with Crippen molar-refractivity contribution in [2.24, 2.45) is 10.9 Å². The number of rotatable bonds is 6. The zero-order chi connectivity index (χ0) is 23.4. The van der Waals surface area contributed by atoms with E-state index >= 15 is 0 Å². The number of nitrogens with one attached hydrogen (secondary N) is 1. The average molecular weight is 470 g/mol. The lowest BCUT2D eigenvalue weighted by atomic mass is 9.93. The van der Waals surface area contributed by atoms with E-state index in [0.717, 1.165) is 25.7 Å². The molecule has 1 amide bonds. The van der Waals surface area contributed by atoms with Gasteiger partial charge in [0.1, 0.15) is 11.7 Å². The highest BCUT2D eigenvalue weighted by Gasteiger charge is 2.34. The lowest BCUT2D eigenvalue weighted by Crippen LogP contribution is -2.41. The third-order valence-electron chi connectivity index (χ3n) is 5.79. The molecule has 0 spiro atoms. The number of anilines is 1. The molecule has 2 aliphatic rings. The van der Waals surface area contributed by atoms with E-state index in [9.17, 15) is 18.0 Å². The summed E-state index contributed by atoms with van der Waals surface area (Å²) in [6.07, 6.45) is 5.36. The molecule has 2 aliphatic heterocycles. The lowest BCUT2D eigenvalue weighted by molar-refractivity contribution is -0.131. The largest absolute Gasteiger partial charge is 0.494 e. The van der Waals surface area contributed by atoms with Gasteiger partial charge >= 0.3 is 0 Å². The number of fused-ring (bicyclic) bond motifs is 1. The molecule has 9 heteroatoms. The van der Waals surface area contributed by atoms with Gasteiger partial charge in [0.2, 0.25) is 5.91 Å². The Kier molecular flexibility index (Phi) is 6.78. The second-order valence-corrected chi connectivity index (χ2v) is 9.78. The zero-order valence-corrected chi connectivity index (χ0v) is 19.3. The van der Waals surface area contributed by atoms with Crippen LogP contribution in [0.25, 0.3) is 0 Å².